The third-order valence-corrected chi connectivity index (χ3v) is 5.81. The first-order valence-electron chi connectivity index (χ1n) is 7.94. The van der Waals surface area contributed by atoms with Gasteiger partial charge in [0.2, 0.25) is 5.91 Å². The van der Waals surface area contributed by atoms with Gasteiger partial charge >= 0.3 is 0 Å². The van der Waals surface area contributed by atoms with E-state index in [0.29, 0.717) is 23.9 Å². The lowest BCUT2D eigenvalue weighted by atomic mass is 9.98. The number of nitrogens with one attached hydrogen (secondary N) is 1. The lowest BCUT2D eigenvalue weighted by Gasteiger charge is -2.35. The molecular weight excluding hydrogens is 296 g/mol. The van der Waals surface area contributed by atoms with Crippen molar-refractivity contribution in [3.8, 4) is 5.75 Å². The summed E-state index contributed by atoms with van der Waals surface area (Å²) in [6.07, 6.45) is 4.74. The average Bonchev–Trinajstić information content (AvgIpc) is 2.90. The molecule has 22 heavy (non-hydrogen) atoms. The minimum atomic E-state index is 0.229. The highest BCUT2D eigenvalue weighted by atomic mass is 32.2. The van der Waals surface area contributed by atoms with Gasteiger partial charge in [0.25, 0.3) is 0 Å². The van der Waals surface area contributed by atoms with Gasteiger partial charge in [-0.05, 0) is 49.9 Å². The van der Waals surface area contributed by atoms with Crippen molar-refractivity contribution < 1.29 is 9.53 Å². The van der Waals surface area contributed by atoms with Gasteiger partial charge in [-0.25, -0.2) is 0 Å². The minimum Gasteiger partial charge on any atom is -0.497 e. The summed E-state index contributed by atoms with van der Waals surface area (Å²) in [5.74, 6) is 1.58. The lowest BCUT2D eigenvalue weighted by Crippen LogP contribution is -2.49. The largest absolute Gasteiger partial charge is 0.497 e. The van der Waals surface area contributed by atoms with Gasteiger partial charge < -0.3 is 15.0 Å². The van der Waals surface area contributed by atoms with Gasteiger partial charge in [0.1, 0.15) is 5.75 Å². The number of fused-ring (bicyclic) bond motifs is 2. The number of hydrogen-bond donors (Lipinski definition) is 1. The van der Waals surface area contributed by atoms with Crippen LogP contribution in [0.25, 0.3) is 0 Å². The summed E-state index contributed by atoms with van der Waals surface area (Å²) >= 11 is 1.59. The van der Waals surface area contributed by atoms with Crippen LogP contribution >= 0.6 is 11.8 Å². The summed E-state index contributed by atoms with van der Waals surface area (Å²) < 4.78 is 5.15. The number of carbonyl (C=O) groups excluding carboxylic acids is 1. The molecule has 3 rings (SSSR count). The van der Waals surface area contributed by atoms with E-state index in [1.165, 1.54) is 12.8 Å². The van der Waals surface area contributed by atoms with Gasteiger partial charge in [0.15, 0.2) is 0 Å². The van der Waals surface area contributed by atoms with E-state index in [2.05, 4.69) is 5.32 Å². The quantitative estimate of drug-likeness (QED) is 0.847. The Hall–Kier alpha value is -1.20. The summed E-state index contributed by atoms with van der Waals surface area (Å²) in [5.41, 5.74) is 0. The van der Waals surface area contributed by atoms with Gasteiger partial charge in [-0.1, -0.05) is 0 Å². The molecule has 2 unspecified atom stereocenters. The Morgan fingerprint density at radius 2 is 1.91 bits per heavy atom. The van der Waals surface area contributed by atoms with E-state index in [-0.39, 0.29) is 5.91 Å². The molecule has 1 aromatic rings. The van der Waals surface area contributed by atoms with E-state index in [1.54, 1.807) is 18.9 Å². The zero-order valence-electron chi connectivity index (χ0n) is 13.2. The Morgan fingerprint density at radius 1 is 1.27 bits per heavy atom. The van der Waals surface area contributed by atoms with Gasteiger partial charge in [-0.15, -0.1) is 11.8 Å². The van der Waals surface area contributed by atoms with Crippen molar-refractivity contribution in [2.75, 3.05) is 19.9 Å². The normalized spacial score (nSPS) is 26.7. The van der Waals surface area contributed by atoms with Crippen LogP contribution in [0.15, 0.2) is 29.2 Å². The van der Waals surface area contributed by atoms with Crippen molar-refractivity contribution in [3.05, 3.63) is 24.3 Å². The first kappa shape index (κ1) is 15.7. The predicted molar refractivity (Wildman–Crippen MR) is 89.5 cm³/mol. The Morgan fingerprint density at radius 3 is 2.50 bits per heavy atom. The number of piperidine rings is 1. The number of nitrogens with zero attached hydrogens (tertiary/aromatic N) is 1. The second-order valence-corrected chi connectivity index (χ2v) is 7.28. The fraction of sp³-hybridized carbons (Fsp3) is 0.588. The smallest absolute Gasteiger partial charge is 0.232 e. The summed E-state index contributed by atoms with van der Waals surface area (Å²) in [7, 11) is 3.62. The Balaban J connectivity index is 1.50. The van der Waals surface area contributed by atoms with E-state index in [1.807, 2.05) is 36.2 Å². The highest BCUT2D eigenvalue weighted by Crippen LogP contribution is 2.30. The first-order chi connectivity index (χ1) is 10.7. The molecule has 2 aliphatic rings. The molecule has 4 nitrogen and oxygen atoms in total. The zero-order chi connectivity index (χ0) is 15.5. The number of ether oxygens (including phenoxy) is 1. The second kappa shape index (κ2) is 6.92. The van der Waals surface area contributed by atoms with Crippen LogP contribution in [0.4, 0.5) is 0 Å². The molecule has 2 atom stereocenters. The van der Waals surface area contributed by atoms with Gasteiger partial charge in [-0.2, -0.15) is 0 Å². The highest BCUT2D eigenvalue weighted by Gasteiger charge is 2.36. The third-order valence-electron chi connectivity index (χ3n) is 4.81. The fourth-order valence-corrected chi connectivity index (χ4v) is 4.29. The molecule has 1 aromatic carbocycles. The summed E-state index contributed by atoms with van der Waals surface area (Å²) in [4.78, 5) is 15.5. The molecule has 0 aromatic heterocycles. The SMILES string of the molecule is COc1ccc(SCC(=O)N(C)C2CC3CCC(C2)N3)cc1. The second-order valence-electron chi connectivity index (χ2n) is 6.23. The maximum atomic E-state index is 12.4. The number of methoxy groups -OCH3 is 1. The Labute approximate surface area is 136 Å². The molecule has 2 fully saturated rings. The van der Waals surface area contributed by atoms with Gasteiger partial charge in [-0.3, -0.25) is 4.79 Å². The Bertz CT molecular complexity index is 508. The zero-order valence-corrected chi connectivity index (χ0v) is 14.1. The molecular formula is C17H24N2O2S. The van der Waals surface area contributed by atoms with Crippen LogP contribution in [-0.2, 0) is 4.79 Å². The number of thioether (sulfide) groups is 1. The molecule has 2 heterocycles. The summed E-state index contributed by atoms with van der Waals surface area (Å²) in [5, 5.41) is 3.63. The van der Waals surface area contributed by atoms with E-state index >= 15 is 0 Å². The molecule has 2 aliphatic heterocycles. The van der Waals surface area contributed by atoms with Crippen LogP contribution < -0.4 is 10.1 Å². The van der Waals surface area contributed by atoms with E-state index in [9.17, 15) is 4.79 Å². The molecule has 0 saturated carbocycles. The number of benzene rings is 1. The van der Waals surface area contributed by atoms with Crippen molar-refractivity contribution in [1.29, 1.82) is 0 Å². The van der Waals surface area contributed by atoms with Crippen molar-refractivity contribution in [2.24, 2.45) is 0 Å². The maximum absolute atomic E-state index is 12.4. The number of carbonyl (C=O) groups is 1. The molecule has 0 spiro atoms. The Kier molecular flexibility index (Phi) is 4.93. The lowest BCUT2D eigenvalue weighted by molar-refractivity contribution is -0.129. The number of hydrogen-bond acceptors (Lipinski definition) is 4. The third kappa shape index (κ3) is 3.58. The molecule has 5 heteroatoms. The minimum absolute atomic E-state index is 0.229. The van der Waals surface area contributed by atoms with Crippen molar-refractivity contribution in [2.45, 2.75) is 48.7 Å². The molecule has 2 bridgehead atoms. The molecule has 120 valence electrons. The number of rotatable bonds is 5. The highest BCUT2D eigenvalue weighted by molar-refractivity contribution is 8.00. The first-order valence-corrected chi connectivity index (χ1v) is 8.93. The van der Waals surface area contributed by atoms with Crippen LogP contribution in [0.1, 0.15) is 25.7 Å². The van der Waals surface area contributed by atoms with Crippen LogP contribution in [0, 0.1) is 0 Å². The molecule has 0 aliphatic carbocycles. The van der Waals surface area contributed by atoms with E-state index < -0.39 is 0 Å². The van der Waals surface area contributed by atoms with Crippen molar-refractivity contribution in [1.82, 2.24) is 10.2 Å². The van der Waals surface area contributed by atoms with E-state index in [4.69, 9.17) is 4.74 Å². The fourth-order valence-electron chi connectivity index (χ4n) is 3.47. The maximum Gasteiger partial charge on any atom is 0.232 e. The predicted octanol–water partition coefficient (Wildman–Crippen LogP) is 2.53. The van der Waals surface area contributed by atoms with E-state index in [0.717, 1.165) is 23.5 Å². The van der Waals surface area contributed by atoms with Crippen molar-refractivity contribution >= 4 is 17.7 Å². The van der Waals surface area contributed by atoms with Crippen LogP contribution in [0.2, 0.25) is 0 Å². The standard InChI is InChI=1S/C17H24N2O2S/c1-19(14-9-12-3-4-13(10-14)18-12)17(20)11-22-16-7-5-15(21-2)6-8-16/h5-8,12-14,18H,3-4,9-11H2,1-2H3. The van der Waals surface area contributed by atoms with Crippen molar-refractivity contribution in [3.63, 3.8) is 0 Å². The van der Waals surface area contributed by atoms with Gasteiger partial charge in [0.05, 0.1) is 12.9 Å². The van der Waals surface area contributed by atoms with Crippen LogP contribution in [-0.4, -0.2) is 48.8 Å². The van der Waals surface area contributed by atoms with Crippen LogP contribution in [0.5, 0.6) is 5.75 Å². The topological polar surface area (TPSA) is 41.6 Å². The average molecular weight is 320 g/mol. The molecule has 2 saturated heterocycles. The summed E-state index contributed by atoms with van der Waals surface area (Å²) in [6, 6.07) is 9.51. The monoisotopic (exact) mass is 320 g/mol. The molecule has 1 N–H and O–H groups in total. The molecule has 0 radical (unpaired) electrons. The number of amides is 1. The molecule has 1 amide bonds. The van der Waals surface area contributed by atoms with Crippen LogP contribution in [0.3, 0.4) is 0 Å². The van der Waals surface area contributed by atoms with Gasteiger partial charge in [0, 0.05) is 30.1 Å². The summed E-state index contributed by atoms with van der Waals surface area (Å²) in [6.45, 7) is 0.